The largest absolute Gasteiger partial charge is 0.454 e. The molecule has 29 heavy (non-hydrogen) atoms. The molecule has 1 N–H and O–H groups in total. The minimum absolute atomic E-state index is 0.109. The molecule has 1 heterocycles. The van der Waals surface area contributed by atoms with Gasteiger partial charge < -0.3 is 19.5 Å². The van der Waals surface area contributed by atoms with Crippen molar-refractivity contribution in [2.45, 2.75) is 18.7 Å². The van der Waals surface area contributed by atoms with Gasteiger partial charge in [-0.1, -0.05) is 18.2 Å². The van der Waals surface area contributed by atoms with E-state index in [1.807, 2.05) is 6.07 Å². The summed E-state index contributed by atoms with van der Waals surface area (Å²) in [6, 6.07) is 11.1. The topological polar surface area (TPSA) is 108 Å². The van der Waals surface area contributed by atoms with Gasteiger partial charge in [0, 0.05) is 6.26 Å². The van der Waals surface area contributed by atoms with Crippen molar-refractivity contribution in [1.29, 1.82) is 0 Å². The van der Waals surface area contributed by atoms with Crippen molar-refractivity contribution < 1.29 is 32.2 Å². The zero-order valence-electron chi connectivity index (χ0n) is 16.0. The highest BCUT2D eigenvalue weighted by atomic mass is 32.2. The van der Waals surface area contributed by atoms with Crippen LogP contribution in [0.1, 0.15) is 34.5 Å². The Labute approximate surface area is 168 Å². The summed E-state index contributed by atoms with van der Waals surface area (Å²) < 4.78 is 38.2. The smallest absolute Gasteiger partial charge is 0.338 e. The normalized spacial score (nSPS) is 13.6. The van der Waals surface area contributed by atoms with Crippen LogP contribution in [-0.2, 0) is 25.1 Å². The maximum Gasteiger partial charge on any atom is 0.338 e. The second-order valence-electron chi connectivity index (χ2n) is 6.75. The summed E-state index contributed by atoms with van der Waals surface area (Å²) in [4.78, 5) is 24.2. The van der Waals surface area contributed by atoms with Crippen LogP contribution >= 0.6 is 0 Å². The van der Waals surface area contributed by atoms with Crippen molar-refractivity contribution in [1.82, 2.24) is 5.32 Å². The predicted octanol–water partition coefficient (Wildman–Crippen LogP) is 1.99. The highest BCUT2D eigenvalue weighted by Gasteiger charge is 2.18. The Bertz CT molecular complexity index is 1020. The molecule has 2 aromatic carbocycles. The van der Waals surface area contributed by atoms with Gasteiger partial charge in [0.15, 0.2) is 27.9 Å². The molecular weight excluding hydrogens is 398 g/mol. The van der Waals surface area contributed by atoms with E-state index in [-0.39, 0.29) is 24.2 Å². The van der Waals surface area contributed by atoms with Gasteiger partial charge in [0.1, 0.15) is 0 Å². The number of ether oxygens (including phenoxy) is 3. The van der Waals surface area contributed by atoms with Crippen molar-refractivity contribution in [3.63, 3.8) is 0 Å². The Morgan fingerprint density at radius 2 is 1.79 bits per heavy atom. The molecular formula is C20H21NO7S. The molecule has 1 aliphatic heterocycles. The number of amides is 1. The number of hydrogen-bond acceptors (Lipinski definition) is 7. The molecule has 154 valence electrons. The van der Waals surface area contributed by atoms with Gasteiger partial charge >= 0.3 is 5.97 Å². The Morgan fingerprint density at radius 3 is 2.48 bits per heavy atom. The van der Waals surface area contributed by atoms with Crippen LogP contribution in [-0.4, -0.2) is 39.9 Å². The zero-order valence-corrected chi connectivity index (χ0v) is 16.8. The summed E-state index contributed by atoms with van der Waals surface area (Å²) in [5.41, 5.74) is 1.63. The maximum absolute atomic E-state index is 12.1. The van der Waals surface area contributed by atoms with Crippen LogP contribution in [0.4, 0.5) is 0 Å². The van der Waals surface area contributed by atoms with E-state index in [4.69, 9.17) is 14.2 Å². The summed E-state index contributed by atoms with van der Waals surface area (Å²) in [5, 5.41) is 2.75. The first-order valence-electron chi connectivity index (χ1n) is 8.84. The molecule has 0 radical (unpaired) electrons. The molecule has 9 heteroatoms. The van der Waals surface area contributed by atoms with Gasteiger partial charge in [-0.2, -0.15) is 0 Å². The minimum Gasteiger partial charge on any atom is -0.454 e. The summed E-state index contributed by atoms with van der Waals surface area (Å²) in [6.45, 7) is 1.54. The minimum atomic E-state index is -3.15. The lowest BCUT2D eigenvalue weighted by atomic mass is 10.1. The molecule has 0 saturated heterocycles. The van der Waals surface area contributed by atoms with Crippen LogP contribution in [0.3, 0.4) is 0 Å². The third-order valence-corrected chi connectivity index (χ3v) is 5.08. The van der Waals surface area contributed by atoms with E-state index < -0.39 is 28.3 Å². The molecule has 0 saturated carbocycles. The van der Waals surface area contributed by atoms with Crippen LogP contribution in [0.15, 0.2) is 42.5 Å². The van der Waals surface area contributed by atoms with Gasteiger partial charge in [-0.3, -0.25) is 4.79 Å². The number of hydrogen-bond donors (Lipinski definition) is 1. The van der Waals surface area contributed by atoms with Gasteiger partial charge in [0.2, 0.25) is 6.79 Å². The number of rotatable bonds is 7. The lowest BCUT2D eigenvalue weighted by Crippen LogP contribution is -2.31. The summed E-state index contributed by atoms with van der Waals surface area (Å²) in [6.07, 6.45) is 1.14. The van der Waals surface area contributed by atoms with Crippen LogP contribution in [0.5, 0.6) is 11.5 Å². The first kappa shape index (κ1) is 20.7. The number of carbonyl (C=O) groups is 2. The SMILES string of the molecule is C[C@@H](NC(=O)COC(=O)c1ccc(CS(C)(=O)=O)cc1)c1ccc2c(c1)OCO2. The number of sulfone groups is 1. The molecule has 1 aliphatic rings. The van der Waals surface area contributed by atoms with Crippen molar-refractivity contribution >= 4 is 21.7 Å². The number of benzene rings is 2. The highest BCUT2D eigenvalue weighted by molar-refractivity contribution is 7.89. The quantitative estimate of drug-likeness (QED) is 0.684. The average Bonchev–Trinajstić information content (AvgIpc) is 3.13. The fraction of sp³-hybridized carbons (Fsp3) is 0.300. The van der Waals surface area contributed by atoms with Crippen molar-refractivity contribution in [2.24, 2.45) is 0 Å². The lowest BCUT2D eigenvalue weighted by molar-refractivity contribution is -0.124. The second kappa shape index (κ2) is 8.52. The molecule has 1 atom stereocenters. The van der Waals surface area contributed by atoms with E-state index >= 15 is 0 Å². The Kier molecular flexibility index (Phi) is 6.07. The molecule has 0 aliphatic carbocycles. The fourth-order valence-corrected chi connectivity index (χ4v) is 3.60. The van der Waals surface area contributed by atoms with E-state index in [1.165, 1.54) is 12.1 Å². The first-order valence-corrected chi connectivity index (χ1v) is 10.9. The van der Waals surface area contributed by atoms with Gasteiger partial charge in [-0.25, -0.2) is 13.2 Å². The van der Waals surface area contributed by atoms with Crippen molar-refractivity contribution in [2.75, 3.05) is 19.7 Å². The van der Waals surface area contributed by atoms with Crippen molar-refractivity contribution in [3.05, 3.63) is 59.2 Å². The highest BCUT2D eigenvalue weighted by Crippen LogP contribution is 2.34. The van der Waals surface area contributed by atoms with Crippen LogP contribution in [0.25, 0.3) is 0 Å². The van der Waals surface area contributed by atoms with Crippen LogP contribution < -0.4 is 14.8 Å². The predicted molar refractivity (Wildman–Crippen MR) is 104 cm³/mol. The average molecular weight is 419 g/mol. The van der Waals surface area contributed by atoms with E-state index in [9.17, 15) is 18.0 Å². The van der Waals surface area contributed by atoms with Gasteiger partial charge in [-0.15, -0.1) is 0 Å². The number of nitrogens with one attached hydrogen (secondary N) is 1. The maximum atomic E-state index is 12.1. The molecule has 0 unspecified atom stereocenters. The monoisotopic (exact) mass is 419 g/mol. The molecule has 0 spiro atoms. The first-order chi connectivity index (χ1) is 13.7. The Hall–Kier alpha value is -3.07. The molecule has 1 amide bonds. The molecule has 3 rings (SSSR count). The summed E-state index contributed by atoms with van der Waals surface area (Å²) in [7, 11) is -3.15. The van der Waals surface area contributed by atoms with E-state index in [0.29, 0.717) is 17.1 Å². The number of fused-ring (bicyclic) bond motifs is 1. The van der Waals surface area contributed by atoms with Crippen LogP contribution in [0.2, 0.25) is 0 Å². The summed E-state index contributed by atoms with van der Waals surface area (Å²) in [5.74, 6) is 0.0553. The number of carbonyl (C=O) groups excluding carboxylic acids is 2. The lowest BCUT2D eigenvalue weighted by Gasteiger charge is -2.15. The van der Waals surface area contributed by atoms with Gasteiger partial charge in [0.05, 0.1) is 17.4 Å². The fourth-order valence-electron chi connectivity index (χ4n) is 2.80. The van der Waals surface area contributed by atoms with E-state index in [0.717, 1.165) is 11.8 Å². The third kappa shape index (κ3) is 5.71. The van der Waals surface area contributed by atoms with Gasteiger partial charge in [0.25, 0.3) is 5.91 Å². The standard InChI is InChI=1S/C20H21NO7S/c1-13(16-7-8-17-18(9-16)28-12-27-17)21-19(22)10-26-20(23)15-5-3-14(4-6-15)11-29(2,24)25/h3-9,13H,10-12H2,1-2H3,(H,21,22)/t13-/m1/s1. The van der Waals surface area contributed by atoms with Crippen molar-refractivity contribution in [3.8, 4) is 11.5 Å². The molecule has 0 bridgehead atoms. The molecule has 2 aromatic rings. The number of esters is 1. The molecule has 0 fully saturated rings. The molecule has 0 aromatic heterocycles. The van der Waals surface area contributed by atoms with Crippen LogP contribution in [0, 0.1) is 0 Å². The zero-order chi connectivity index (χ0) is 21.0. The van der Waals surface area contributed by atoms with Gasteiger partial charge in [-0.05, 0) is 42.3 Å². The summed E-state index contributed by atoms with van der Waals surface area (Å²) >= 11 is 0. The Morgan fingerprint density at radius 1 is 1.10 bits per heavy atom. The Balaban J connectivity index is 1.50. The third-order valence-electron chi connectivity index (χ3n) is 4.23. The van der Waals surface area contributed by atoms with E-state index in [2.05, 4.69) is 5.32 Å². The molecule has 8 nitrogen and oxygen atoms in total. The second-order valence-corrected chi connectivity index (χ2v) is 8.89. The van der Waals surface area contributed by atoms with E-state index in [1.54, 1.807) is 31.2 Å².